The minimum atomic E-state index is -1.48. The Kier molecular flexibility index (Phi) is 15.5. The number of hydrogen-bond donors (Lipinski definition) is 1. The third-order valence-corrected chi connectivity index (χ3v) is 12.5. The quantitative estimate of drug-likeness (QED) is 0.0957. The molecule has 1 saturated carbocycles. The van der Waals surface area contributed by atoms with E-state index in [1.165, 1.54) is 48.1 Å². The van der Waals surface area contributed by atoms with E-state index < -0.39 is 8.07 Å². The van der Waals surface area contributed by atoms with Crippen molar-refractivity contribution in [1.29, 1.82) is 0 Å². The molecular formula is C43H64IrNO2Si-. The summed E-state index contributed by atoms with van der Waals surface area (Å²) in [5, 5.41) is 13.8. The largest absolute Gasteiger partial charge is 0.512 e. The summed E-state index contributed by atoms with van der Waals surface area (Å²) in [6.07, 6.45) is 12.3. The summed E-state index contributed by atoms with van der Waals surface area (Å²) in [7, 11) is -1.48. The number of rotatable bonds is 10. The summed E-state index contributed by atoms with van der Waals surface area (Å²) in [4.78, 5) is 16.7. The molecule has 0 aliphatic heterocycles. The number of aromatic nitrogens is 1. The van der Waals surface area contributed by atoms with Crippen LogP contribution in [0, 0.1) is 23.3 Å². The summed E-state index contributed by atoms with van der Waals surface area (Å²) in [6.45, 7) is 27.2. The number of carbonyl (C=O) groups excluding carboxylic acids is 1. The topological polar surface area (TPSA) is 50.2 Å². The predicted molar refractivity (Wildman–Crippen MR) is 207 cm³/mol. The number of carbonyl (C=O) groups is 1. The van der Waals surface area contributed by atoms with Crippen molar-refractivity contribution in [3.05, 3.63) is 71.6 Å². The molecule has 267 valence electrons. The van der Waals surface area contributed by atoms with Crippen LogP contribution in [0.1, 0.15) is 131 Å². The fourth-order valence-electron chi connectivity index (χ4n) is 7.06. The van der Waals surface area contributed by atoms with Gasteiger partial charge in [-0.25, -0.2) is 0 Å². The number of hydrogen-bond acceptors (Lipinski definition) is 3. The second-order valence-electron chi connectivity index (χ2n) is 16.7. The molecule has 48 heavy (non-hydrogen) atoms. The standard InChI is InChI=1S/C30H40NSi.C13H24O2.Ir/c1-29(2,3)26-18-23(17-22-11-9-10-12-24(22)26)27-19-25(28(20-31-27)32(6,7)8)21-13-15-30(4,5)16-14-21;1-5-10(6-2)12(14)9-13(15)11(7-3)8-4;/h9-12,18-21H,13-16H2,1-8H3;9-11,14H,5-8H2,1-4H3;/q-1;;/b;12-9-;. The molecule has 0 saturated heterocycles. The number of benzene rings is 2. The van der Waals surface area contributed by atoms with E-state index in [-0.39, 0.29) is 48.9 Å². The van der Waals surface area contributed by atoms with Gasteiger partial charge in [-0.2, -0.15) is 0 Å². The Morgan fingerprint density at radius 2 is 1.54 bits per heavy atom. The van der Waals surface area contributed by atoms with Crippen molar-refractivity contribution in [2.45, 2.75) is 145 Å². The van der Waals surface area contributed by atoms with Gasteiger partial charge in [0.15, 0.2) is 5.78 Å². The number of ketones is 1. The smallest absolute Gasteiger partial charge is 0.162 e. The van der Waals surface area contributed by atoms with Gasteiger partial charge in [0, 0.05) is 49.9 Å². The molecule has 1 aliphatic rings. The molecule has 1 aliphatic carbocycles. The van der Waals surface area contributed by atoms with E-state index in [1.807, 2.05) is 27.7 Å². The zero-order valence-corrected chi connectivity index (χ0v) is 35.5. The first kappa shape index (κ1) is 42.1. The number of pyridine rings is 1. The van der Waals surface area contributed by atoms with E-state index in [9.17, 15) is 9.90 Å². The van der Waals surface area contributed by atoms with Gasteiger partial charge in [0.05, 0.1) is 13.8 Å². The fourth-order valence-corrected chi connectivity index (χ4v) is 8.66. The van der Waals surface area contributed by atoms with E-state index in [2.05, 4.69) is 103 Å². The molecule has 2 aromatic carbocycles. The second kappa shape index (κ2) is 17.7. The Bertz CT molecular complexity index is 1510. The molecule has 5 heteroatoms. The minimum absolute atomic E-state index is 0. The SMILES string of the molecule is CC1(C)CCC(c2cc(-c3[c-]c4ccccc4c(C(C)(C)C)c3)ncc2[Si](C)(C)C)CC1.CCC(CC)C(=O)/C=C(\O)C(CC)CC.[Ir]. The molecule has 0 atom stereocenters. The average molecular weight is 847 g/mol. The Labute approximate surface area is 308 Å². The fraction of sp³-hybridized carbons (Fsp3) is 0.581. The van der Waals surface area contributed by atoms with Crippen molar-refractivity contribution in [1.82, 2.24) is 4.98 Å². The minimum Gasteiger partial charge on any atom is -0.512 e. The van der Waals surface area contributed by atoms with Crippen LogP contribution in [0.4, 0.5) is 0 Å². The van der Waals surface area contributed by atoms with Gasteiger partial charge >= 0.3 is 0 Å². The van der Waals surface area contributed by atoms with Crippen LogP contribution in [0.5, 0.6) is 0 Å². The normalized spacial score (nSPS) is 15.7. The number of allylic oxidation sites excluding steroid dienone is 2. The molecule has 0 bridgehead atoms. The van der Waals surface area contributed by atoms with Crippen molar-refractivity contribution >= 4 is 29.8 Å². The average Bonchev–Trinajstić information content (AvgIpc) is 3.01. The Hall–Kier alpha value is -2.07. The summed E-state index contributed by atoms with van der Waals surface area (Å²) in [5.74, 6) is 1.21. The van der Waals surface area contributed by atoms with Crippen LogP contribution in [0.3, 0.4) is 0 Å². The van der Waals surface area contributed by atoms with Crippen LogP contribution in [-0.4, -0.2) is 23.9 Å². The summed E-state index contributed by atoms with van der Waals surface area (Å²) < 4.78 is 0. The van der Waals surface area contributed by atoms with Crippen LogP contribution in [0.25, 0.3) is 22.0 Å². The predicted octanol–water partition coefficient (Wildman–Crippen LogP) is 12.1. The van der Waals surface area contributed by atoms with Gasteiger partial charge < -0.3 is 5.11 Å². The summed E-state index contributed by atoms with van der Waals surface area (Å²) in [6, 6.07) is 17.1. The Balaban J connectivity index is 0.000000427. The van der Waals surface area contributed by atoms with Crippen molar-refractivity contribution in [3.8, 4) is 11.3 Å². The van der Waals surface area contributed by atoms with E-state index in [0.29, 0.717) is 11.3 Å². The van der Waals surface area contributed by atoms with E-state index in [4.69, 9.17) is 4.98 Å². The van der Waals surface area contributed by atoms with Gasteiger partial charge in [0.25, 0.3) is 0 Å². The maximum atomic E-state index is 11.7. The van der Waals surface area contributed by atoms with Crippen molar-refractivity contribution in [3.63, 3.8) is 0 Å². The van der Waals surface area contributed by atoms with E-state index in [1.54, 1.807) is 10.8 Å². The van der Waals surface area contributed by atoms with Gasteiger partial charge in [0.1, 0.15) is 0 Å². The Morgan fingerprint density at radius 1 is 0.979 bits per heavy atom. The molecule has 1 N–H and O–H groups in total. The van der Waals surface area contributed by atoms with Gasteiger partial charge in [-0.15, -0.1) is 29.1 Å². The third-order valence-electron chi connectivity index (χ3n) is 10.5. The Morgan fingerprint density at radius 3 is 2.06 bits per heavy atom. The number of aliphatic hydroxyl groups excluding tert-OH is 1. The molecule has 4 rings (SSSR count). The first-order valence-corrected chi connectivity index (χ1v) is 21.9. The molecule has 3 aromatic rings. The molecular weight excluding hydrogens is 783 g/mol. The van der Waals surface area contributed by atoms with Gasteiger partial charge in [-0.05, 0) is 78.9 Å². The summed E-state index contributed by atoms with van der Waals surface area (Å²) >= 11 is 0. The first-order valence-electron chi connectivity index (χ1n) is 18.4. The van der Waals surface area contributed by atoms with Crippen LogP contribution in [0.2, 0.25) is 19.6 Å². The van der Waals surface area contributed by atoms with Gasteiger partial charge in [-0.1, -0.05) is 117 Å². The molecule has 1 radical (unpaired) electrons. The van der Waals surface area contributed by atoms with Crippen molar-refractivity contribution in [2.75, 3.05) is 0 Å². The number of nitrogens with zero attached hydrogens (tertiary/aromatic N) is 1. The van der Waals surface area contributed by atoms with Crippen molar-refractivity contribution in [2.24, 2.45) is 17.3 Å². The van der Waals surface area contributed by atoms with Crippen LogP contribution in [0.15, 0.2) is 54.4 Å². The third kappa shape index (κ3) is 11.0. The zero-order chi connectivity index (χ0) is 35.2. The molecule has 0 spiro atoms. The molecule has 1 heterocycles. The van der Waals surface area contributed by atoms with E-state index in [0.717, 1.165) is 36.9 Å². The molecule has 0 unspecified atom stereocenters. The molecule has 1 aromatic heterocycles. The first-order chi connectivity index (χ1) is 21.9. The number of fused-ring (bicyclic) bond motifs is 1. The van der Waals surface area contributed by atoms with Crippen molar-refractivity contribution < 1.29 is 30.0 Å². The van der Waals surface area contributed by atoms with Gasteiger partial charge in [0.2, 0.25) is 0 Å². The van der Waals surface area contributed by atoms with E-state index >= 15 is 0 Å². The summed E-state index contributed by atoms with van der Waals surface area (Å²) in [5.41, 5.74) is 5.72. The zero-order valence-electron chi connectivity index (χ0n) is 32.1. The number of aliphatic hydroxyl groups is 1. The molecule has 0 amide bonds. The van der Waals surface area contributed by atoms with Crippen LogP contribution < -0.4 is 5.19 Å². The van der Waals surface area contributed by atoms with Crippen LogP contribution in [-0.2, 0) is 30.3 Å². The van der Waals surface area contributed by atoms with Gasteiger partial charge in [-0.3, -0.25) is 9.78 Å². The van der Waals surface area contributed by atoms with Crippen LogP contribution >= 0.6 is 0 Å². The maximum absolute atomic E-state index is 11.7. The molecule has 1 fully saturated rings. The molecule has 3 nitrogen and oxygen atoms in total. The maximum Gasteiger partial charge on any atom is 0.162 e. The monoisotopic (exact) mass is 847 g/mol. The second-order valence-corrected chi connectivity index (χ2v) is 21.8.